The number of carbonyl (C=O) groups excluding carboxylic acids is 1. The van der Waals surface area contributed by atoms with Gasteiger partial charge in [-0.15, -0.1) is 0 Å². The van der Waals surface area contributed by atoms with Crippen LogP contribution in [0.3, 0.4) is 0 Å². The van der Waals surface area contributed by atoms with Crippen molar-refractivity contribution < 1.29 is 9.18 Å². The standard InChI is InChI=1S/C21H19FN4O/c1-13-9-14(2)19-15(10-13)11-16(12-23)20(26-19)24-7-8-25-21(27)17-5-3-4-6-18(17)22/h3-6,9-11H,7-8H2,1-2H3,(H,24,26)(H,25,27). The van der Waals surface area contributed by atoms with E-state index in [1.807, 2.05) is 32.0 Å². The van der Waals surface area contributed by atoms with Crippen molar-refractivity contribution in [2.24, 2.45) is 0 Å². The van der Waals surface area contributed by atoms with E-state index < -0.39 is 11.7 Å². The molecule has 3 aromatic rings. The molecule has 0 aliphatic rings. The van der Waals surface area contributed by atoms with Crippen molar-refractivity contribution in [3.8, 4) is 6.07 Å². The topological polar surface area (TPSA) is 77.8 Å². The Morgan fingerprint density at radius 3 is 2.70 bits per heavy atom. The summed E-state index contributed by atoms with van der Waals surface area (Å²) in [6.45, 7) is 4.61. The number of pyridine rings is 1. The molecule has 0 spiro atoms. The molecule has 0 saturated carbocycles. The predicted molar refractivity (Wildman–Crippen MR) is 103 cm³/mol. The molecule has 5 nitrogen and oxygen atoms in total. The van der Waals surface area contributed by atoms with Crippen LogP contribution in [0.1, 0.15) is 27.0 Å². The number of fused-ring (bicyclic) bond motifs is 1. The number of nitrogens with zero attached hydrogens (tertiary/aromatic N) is 2. The monoisotopic (exact) mass is 362 g/mol. The van der Waals surface area contributed by atoms with Crippen molar-refractivity contribution in [2.45, 2.75) is 13.8 Å². The summed E-state index contributed by atoms with van der Waals surface area (Å²) >= 11 is 0. The van der Waals surface area contributed by atoms with E-state index in [0.29, 0.717) is 17.9 Å². The molecule has 0 aliphatic carbocycles. The largest absolute Gasteiger partial charge is 0.367 e. The Labute approximate surface area is 156 Å². The molecule has 1 amide bonds. The Morgan fingerprint density at radius 2 is 1.96 bits per heavy atom. The van der Waals surface area contributed by atoms with Gasteiger partial charge in [0.1, 0.15) is 17.7 Å². The van der Waals surface area contributed by atoms with Crippen LogP contribution < -0.4 is 10.6 Å². The van der Waals surface area contributed by atoms with E-state index in [0.717, 1.165) is 22.0 Å². The molecular weight excluding hydrogens is 343 g/mol. The highest BCUT2D eigenvalue weighted by molar-refractivity contribution is 5.94. The van der Waals surface area contributed by atoms with Crippen LogP contribution in [-0.4, -0.2) is 24.0 Å². The average molecular weight is 362 g/mol. The normalized spacial score (nSPS) is 10.4. The van der Waals surface area contributed by atoms with Crippen LogP contribution >= 0.6 is 0 Å². The first kappa shape index (κ1) is 18.3. The highest BCUT2D eigenvalue weighted by Gasteiger charge is 2.11. The lowest BCUT2D eigenvalue weighted by molar-refractivity contribution is 0.0951. The summed E-state index contributed by atoms with van der Waals surface area (Å²) in [6.07, 6.45) is 0. The summed E-state index contributed by atoms with van der Waals surface area (Å²) in [5.41, 5.74) is 3.42. The fourth-order valence-electron chi connectivity index (χ4n) is 2.97. The van der Waals surface area contributed by atoms with Gasteiger partial charge in [-0.2, -0.15) is 5.26 Å². The number of amides is 1. The molecule has 136 valence electrons. The van der Waals surface area contributed by atoms with Crippen LogP contribution in [0.2, 0.25) is 0 Å². The fourth-order valence-corrected chi connectivity index (χ4v) is 2.97. The smallest absolute Gasteiger partial charge is 0.254 e. The van der Waals surface area contributed by atoms with Crippen LogP contribution in [0.5, 0.6) is 0 Å². The van der Waals surface area contributed by atoms with Crippen LogP contribution in [0, 0.1) is 31.0 Å². The molecule has 0 bridgehead atoms. The van der Waals surface area contributed by atoms with Gasteiger partial charge in [0.2, 0.25) is 0 Å². The third-order valence-corrected chi connectivity index (χ3v) is 4.19. The van der Waals surface area contributed by atoms with Gasteiger partial charge < -0.3 is 10.6 Å². The lowest BCUT2D eigenvalue weighted by Crippen LogP contribution is -2.29. The van der Waals surface area contributed by atoms with Crippen molar-refractivity contribution in [1.82, 2.24) is 10.3 Å². The second kappa shape index (κ2) is 7.83. The zero-order valence-electron chi connectivity index (χ0n) is 15.1. The van der Waals surface area contributed by atoms with Crippen LogP contribution in [0.25, 0.3) is 10.9 Å². The number of nitrogens with one attached hydrogen (secondary N) is 2. The van der Waals surface area contributed by atoms with Crippen molar-refractivity contribution in [3.05, 3.63) is 70.5 Å². The van der Waals surface area contributed by atoms with Crippen molar-refractivity contribution in [3.63, 3.8) is 0 Å². The molecule has 0 aliphatic heterocycles. The number of benzene rings is 2. The number of aryl methyl sites for hydroxylation is 2. The molecule has 1 heterocycles. The number of halogens is 1. The van der Waals surface area contributed by atoms with E-state index in [1.165, 1.54) is 18.2 Å². The number of aromatic nitrogens is 1. The molecular formula is C21H19FN4O. The minimum Gasteiger partial charge on any atom is -0.367 e. The minimum absolute atomic E-state index is 0.00467. The van der Waals surface area contributed by atoms with E-state index in [4.69, 9.17) is 0 Å². The molecule has 0 fully saturated rings. The molecule has 3 rings (SSSR count). The minimum atomic E-state index is -0.559. The van der Waals surface area contributed by atoms with E-state index in [1.54, 1.807) is 6.07 Å². The van der Waals surface area contributed by atoms with Crippen LogP contribution in [-0.2, 0) is 0 Å². The third kappa shape index (κ3) is 4.04. The first-order valence-corrected chi connectivity index (χ1v) is 8.58. The van der Waals surface area contributed by atoms with Gasteiger partial charge in [-0.25, -0.2) is 9.37 Å². The van der Waals surface area contributed by atoms with Crippen LogP contribution in [0.4, 0.5) is 10.2 Å². The molecule has 0 unspecified atom stereocenters. The molecule has 0 radical (unpaired) electrons. The molecule has 0 atom stereocenters. The summed E-state index contributed by atoms with van der Waals surface area (Å²) in [5.74, 6) is -0.568. The summed E-state index contributed by atoms with van der Waals surface area (Å²) < 4.78 is 13.6. The van der Waals surface area contributed by atoms with Gasteiger partial charge in [0.15, 0.2) is 0 Å². The average Bonchev–Trinajstić information content (AvgIpc) is 2.65. The van der Waals surface area contributed by atoms with E-state index in [9.17, 15) is 14.4 Å². The second-order valence-electron chi connectivity index (χ2n) is 6.31. The molecule has 6 heteroatoms. The van der Waals surface area contributed by atoms with E-state index in [-0.39, 0.29) is 12.1 Å². The SMILES string of the molecule is Cc1cc(C)c2nc(NCCNC(=O)c3ccccc3F)c(C#N)cc2c1. The third-order valence-electron chi connectivity index (χ3n) is 4.19. The maximum Gasteiger partial charge on any atom is 0.254 e. The Morgan fingerprint density at radius 1 is 1.19 bits per heavy atom. The highest BCUT2D eigenvalue weighted by atomic mass is 19.1. The second-order valence-corrected chi connectivity index (χ2v) is 6.31. The number of hydrogen-bond acceptors (Lipinski definition) is 4. The number of hydrogen-bond donors (Lipinski definition) is 2. The van der Waals surface area contributed by atoms with Gasteiger partial charge in [-0.05, 0) is 43.7 Å². The molecule has 1 aromatic heterocycles. The maximum atomic E-state index is 13.6. The zero-order chi connectivity index (χ0) is 19.4. The quantitative estimate of drug-likeness (QED) is 0.679. The van der Waals surface area contributed by atoms with Gasteiger partial charge in [-0.1, -0.05) is 23.8 Å². The first-order valence-electron chi connectivity index (χ1n) is 8.58. The summed E-state index contributed by atoms with van der Waals surface area (Å²) in [6, 6.07) is 13.8. The van der Waals surface area contributed by atoms with E-state index in [2.05, 4.69) is 21.7 Å². The fraction of sp³-hybridized carbons (Fsp3) is 0.190. The Hall–Kier alpha value is -3.46. The Kier molecular flexibility index (Phi) is 5.32. The van der Waals surface area contributed by atoms with E-state index >= 15 is 0 Å². The number of anilines is 1. The highest BCUT2D eigenvalue weighted by Crippen LogP contribution is 2.24. The van der Waals surface area contributed by atoms with Crippen molar-refractivity contribution in [1.29, 1.82) is 5.26 Å². The Balaban J connectivity index is 1.69. The Bertz CT molecular complexity index is 1060. The number of nitriles is 1. The zero-order valence-corrected chi connectivity index (χ0v) is 15.1. The van der Waals surface area contributed by atoms with Gasteiger partial charge in [0, 0.05) is 18.5 Å². The van der Waals surface area contributed by atoms with Gasteiger partial charge in [0.05, 0.1) is 16.6 Å². The number of carbonyl (C=O) groups is 1. The molecule has 0 saturated heterocycles. The van der Waals surface area contributed by atoms with Crippen LogP contribution in [0.15, 0.2) is 42.5 Å². The summed E-state index contributed by atoms with van der Waals surface area (Å²) in [5, 5.41) is 16.0. The summed E-state index contributed by atoms with van der Waals surface area (Å²) in [4.78, 5) is 16.6. The lowest BCUT2D eigenvalue weighted by Gasteiger charge is -2.11. The maximum absolute atomic E-state index is 13.6. The molecule has 2 N–H and O–H groups in total. The van der Waals surface area contributed by atoms with Gasteiger partial charge >= 0.3 is 0 Å². The van der Waals surface area contributed by atoms with Gasteiger partial charge in [-0.3, -0.25) is 4.79 Å². The van der Waals surface area contributed by atoms with Crippen molar-refractivity contribution in [2.75, 3.05) is 18.4 Å². The predicted octanol–water partition coefficient (Wildman–Crippen LogP) is 3.70. The molecule has 27 heavy (non-hydrogen) atoms. The first-order chi connectivity index (χ1) is 13.0. The van der Waals surface area contributed by atoms with Crippen molar-refractivity contribution >= 4 is 22.6 Å². The lowest BCUT2D eigenvalue weighted by atomic mass is 10.1. The number of rotatable bonds is 5. The molecule has 2 aromatic carbocycles. The van der Waals surface area contributed by atoms with Gasteiger partial charge in [0.25, 0.3) is 5.91 Å². The summed E-state index contributed by atoms with van der Waals surface area (Å²) in [7, 11) is 0.